The van der Waals surface area contributed by atoms with Crippen LogP contribution in [0.25, 0.3) is 22.5 Å². The fourth-order valence-electron chi connectivity index (χ4n) is 3.84. The summed E-state index contributed by atoms with van der Waals surface area (Å²) in [7, 11) is 0.882. The third-order valence-electron chi connectivity index (χ3n) is 6.65. The summed E-state index contributed by atoms with van der Waals surface area (Å²) in [5.74, 6) is -3.05. The number of aromatic nitrogens is 9. The van der Waals surface area contributed by atoms with Crippen molar-refractivity contribution >= 4 is 51.5 Å². The number of carboxylic acid groups (broad SMARTS) is 1. The fraction of sp³-hybridized carbons (Fsp3) is 0.176. The lowest BCUT2D eigenvalue weighted by Gasteiger charge is -2.10. The van der Waals surface area contributed by atoms with Crippen LogP contribution >= 0.6 is 32.9 Å². The molecule has 0 fully saturated rings. The predicted molar refractivity (Wildman–Crippen MR) is 209 cm³/mol. The second-order valence-corrected chi connectivity index (χ2v) is 12.0. The second-order valence-electron chi connectivity index (χ2n) is 11.3. The molecule has 31 heteroatoms. The monoisotopic (exact) mass is 1070 g/mol. The van der Waals surface area contributed by atoms with Gasteiger partial charge in [-0.3, -0.25) is 14.7 Å². The molecule has 0 amide bonds. The summed E-state index contributed by atoms with van der Waals surface area (Å²) in [6, 6.07) is 8.79. The first-order valence-corrected chi connectivity index (χ1v) is 17.2. The van der Waals surface area contributed by atoms with E-state index in [0.717, 1.165) is 55.8 Å². The van der Waals surface area contributed by atoms with Gasteiger partial charge in [0.05, 0.1) is 14.2 Å². The van der Waals surface area contributed by atoms with Gasteiger partial charge in [-0.2, -0.15) is 57.8 Å². The molecule has 0 radical (unpaired) electrons. The molecule has 4 N–H and O–H groups in total. The summed E-state index contributed by atoms with van der Waals surface area (Å²) in [4.78, 5) is 30.4. The topological polar surface area (TPSA) is 232 Å². The van der Waals surface area contributed by atoms with Gasteiger partial charge in [-0.1, -0.05) is 6.07 Å². The number of nitrogens with one attached hydrogen (secondary N) is 1. The summed E-state index contributed by atoms with van der Waals surface area (Å²) in [5.41, 5.74) is -3.98. The lowest BCUT2D eigenvalue weighted by atomic mass is 9.82. The smallest absolute Gasteiger partial charge is 0.490 e. The first kappa shape index (κ1) is 56.7. The van der Waals surface area contributed by atoms with Crippen LogP contribution in [0, 0.1) is 17.8 Å². The van der Waals surface area contributed by atoms with Crippen molar-refractivity contribution in [3.8, 4) is 34.0 Å². The van der Waals surface area contributed by atoms with Crippen LogP contribution in [0.3, 0.4) is 0 Å². The minimum atomic E-state index is -4.67. The van der Waals surface area contributed by atoms with Gasteiger partial charge in [0, 0.05) is 60.3 Å². The lowest BCUT2D eigenvalue weighted by Crippen LogP contribution is -2.30. The van der Waals surface area contributed by atoms with Crippen molar-refractivity contribution in [1.82, 2.24) is 45.5 Å². The molecular formula is C34H26BBr2F12N9O7. The van der Waals surface area contributed by atoms with Crippen LogP contribution in [-0.2, 0) is 23.3 Å². The maximum absolute atomic E-state index is 12.7. The molecule has 0 aliphatic rings. The third-order valence-corrected chi connectivity index (χ3v) is 7.20. The largest absolute Gasteiger partial charge is 0.494 e. The molecule has 0 saturated carbocycles. The Hall–Kier alpha value is -6.34. The number of carbonyl (C=O) groups is 1. The van der Waals surface area contributed by atoms with Crippen LogP contribution in [-0.4, -0.2) is 88.0 Å². The average Bonchev–Trinajstić information content (AvgIpc) is 3.21. The number of aromatic amines is 1. The van der Waals surface area contributed by atoms with Crippen LogP contribution < -0.4 is 20.4 Å². The van der Waals surface area contributed by atoms with Gasteiger partial charge < -0.3 is 24.6 Å². The van der Waals surface area contributed by atoms with Gasteiger partial charge in [-0.25, -0.2) is 15.0 Å². The molecule has 0 aliphatic heterocycles. The highest BCUT2D eigenvalue weighted by molar-refractivity contribution is 9.10. The van der Waals surface area contributed by atoms with E-state index in [1.165, 1.54) is 32.4 Å². The molecule has 0 saturated heterocycles. The first-order chi connectivity index (χ1) is 29.7. The molecule has 6 rings (SSSR count). The maximum Gasteiger partial charge on any atom is 0.490 e. The minimum absolute atomic E-state index is 0. The van der Waals surface area contributed by atoms with Crippen molar-refractivity contribution in [2.45, 2.75) is 25.5 Å². The number of hydrogen-bond donors (Lipinski definition) is 4. The van der Waals surface area contributed by atoms with Gasteiger partial charge in [0.2, 0.25) is 23.3 Å². The summed E-state index contributed by atoms with van der Waals surface area (Å²) >= 11 is 2.89. The Balaban J connectivity index is 0.000000429. The lowest BCUT2D eigenvalue weighted by molar-refractivity contribution is -0.142. The highest BCUT2D eigenvalue weighted by Gasteiger charge is 2.35. The van der Waals surface area contributed by atoms with Crippen LogP contribution in [0.4, 0.5) is 52.7 Å². The van der Waals surface area contributed by atoms with Crippen molar-refractivity contribution in [2.75, 3.05) is 14.2 Å². The Labute approximate surface area is 374 Å². The number of carboxylic acids is 1. The molecule has 6 heterocycles. The summed E-state index contributed by atoms with van der Waals surface area (Å²) in [6.07, 6.45) is -10.6. The van der Waals surface area contributed by atoms with Gasteiger partial charge >= 0.3 is 25.6 Å². The molecule has 350 valence electrons. The number of halogens is 14. The van der Waals surface area contributed by atoms with E-state index < -0.39 is 72.0 Å². The molecule has 6 aromatic heterocycles. The third kappa shape index (κ3) is 19.1. The molecule has 65 heavy (non-hydrogen) atoms. The van der Waals surface area contributed by atoms with Crippen molar-refractivity contribution < 1.29 is 82.1 Å². The standard InChI is InChI=1S/C11H7F4N3O.C10H5F4N3O.C6H4BrF3N2O.C5H5BFNO2.C2H4O2.BrH/c1-19-7-4-8(11(13,14)15)17-18-10(7)6-2-3-9(12)16-5-6;11-8-2-1-5(4-15-8)9-6(18)3-7(16-17-9)10(12,13)14;1-13-3-2-4(6(8,9)10)11-12-5(3)7;7-5-2-1-4(3-8-5)6(9)10;1-2(3)4;/h2-5H,1H3;1-4H,(H,16,18);2H,1H3;1-3,9-10H;1H3,(H,3,4);1H. The van der Waals surface area contributed by atoms with Crippen molar-refractivity contribution in [1.29, 1.82) is 0 Å². The fourth-order valence-corrected chi connectivity index (χ4v) is 4.19. The molecule has 0 spiro atoms. The van der Waals surface area contributed by atoms with Crippen LogP contribution in [0.5, 0.6) is 11.5 Å². The highest BCUT2D eigenvalue weighted by Crippen LogP contribution is 2.34. The number of alkyl halides is 9. The molecule has 0 unspecified atom stereocenters. The molecular weight excluding hydrogens is 1050 g/mol. The molecule has 0 aromatic carbocycles. The van der Waals surface area contributed by atoms with Crippen LogP contribution in [0.1, 0.15) is 24.0 Å². The van der Waals surface area contributed by atoms with Crippen molar-refractivity contribution in [3.63, 3.8) is 0 Å². The number of H-pyrrole nitrogens is 1. The molecule has 0 bridgehead atoms. The van der Waals surface area contributed by atoms with Gasteiger partial charge in [-0.15, -0.1) is 37.4 Å². The molecule has 0 aliphatic carbocycles. The van der Waals surface area contributed by atoms with E-state index in [0.29, 0.717) is 11.6 Å². The predicted octanol–water partition coefficient (Wildman–Crippen LogP) is 6.53. The van der Waals surface area contributed by atoms with E-state index in [1.807, 2.05) is 0 Å². The van der Waals surface area contributed by atoms with E-state index in [4.69, 9.17) is 24.7 Å². The Bertz CT molecular complexity index is 2490. The number of nitrogens with zero attached hydrogens (tertiary/aromatic N) is 8. The van der Waals surface area contributed by atoms with Crippen LogP contribution in [0.15, 0.2) is 82.6 Å². The summed E-state index contributed by atoms with van der Waals surface area (Å²) < 4.78 is 157. The molecule has 0 atom stereocenters. The highest BCUT2D eigenvalue weighted by atomic mass is 79.9. The zero-order valence-corrected chi connectivity index (χ0v) is 35.7. The van der Waals surface area contributed by atoms with E-state index in [2.05, 4.69) is 61.1 Å². The Kier molecular flexibility index (Phi) is 22.0. The quantitative estimate of drug-likeness (QED) is 0.0817. The Morgan fingerprint density at radius 2 is 1.09 bits per heavy atom. The van der Waals surface area contributed by atoms with E-state index in [9.17, 15) is 57.5 Å². The van der Waals surface area contributed by atoms with Crippen LogP contribution in [0.2, 0.25) is 0 Å². The zero-order valence-electron chi connectivity index (χ0n) is 32.4. The van der Waals surface area contributed by atoms with Gasteiger partial charge in [0.1, 0.15) is 22.8 Å². The number of methoxy groups -OCH3 is 2. The van der Waals surface area contributed by atoms with Crippen molar-refractivity contribution in [3.05, 3.63) is 123 Å². The number of ether oxygens (including phenoxy) is 2. The summed E-state index contributed by atoms with van der Waals surface area (Å²) in [5, 5.41) is 42.2. The average molecular weight is 1070 g/mol. The van der Waals surface area contributed by atoms with Gasteiger partial charge in [0.25, 0.3) is 5.97 Å². The second kappa shape index (κ2) is 25.2. The van der Waals surface area contributed by atoms with Gasteiger partial charge in [0.15, 0.2) is 21.7 Å². The SMILES string of the molecule is Br.CC(=O)O.COc1cc(C(F)(F)F)nnc1-c1ccc(F)nc1.COc1cc(C(F)(F)F)nnc1Br.O=c1cc(C(F)(F)F)[nH]nc1-c1ccc(F)nc1.OB(O)c1ccc(F)nc1. The first-order valence-electron chi connectivity index (χ1n) is 16.4. The van der Waals surface area contributed by atoms with Gasteiger partial charge in [-0.05, 0) is 46.3 Å². The van der Waals surface area contributed by atoms with E-state index in [1.54, 1.807) is 5.10 Å². The minimum Gasteiger partial charge on any atom is -0.494 e. The molecule has 6 aromatic rings. The Morgan fingerprint density at radius 1 is 0.662 bits per heavy atom. The van der Waals surface area contributed by atoms with E-state index in [-0.39, 0.29) is 55.5 Å². The molecule has 16 nitrogen and oxygen atoms in total. The number of aliphatic carboxylic acids is 1. The van der Waals surface area contributed by atoms with Crippen molar-refractivity contribution in [2.24, 2.45) is 0 Å². The maximum atomic E-state index is 12.7. The summed E-state index contributed by atoms with van der Waals surface area (Å²) in [6.45, 7) is 1.08. The normalized spacial score (nSPS) is 10.7. The number of rotatable bonds is 5. The van der Waals surface area contributed by atoms with E-state index >= 15 is 0 Å². The number of pyridine rings is 3. The zero-order chi connectivity index (χ0) is 48.6. The number of hydrogen-bond acceptors (Lipinski definition) is 14. The Morgan fingerprint density at radius 3 is 1.46 bits per heavy atom.